The summed E-state index contributed by atoms with van der Waals surface area (Å²) in [7, 11) is 1.93. The SMILES string of the molecule is C=CCN(C)CC(C)n1ccc2c(NC(=O)Cc3ccc(C(F)(F)F)c(F)c3)c(C)ccc2c1=O. The van der Waals surface area contributed by atoms with E-state index in [1.807, 2.05) is 18.9 Å². The number of fused-ring (bicyclic) bond motifs is 1. The molecular weight excluding hydrogens is 462 g/mol. The number of likely N-dealkylation sites (N-methyl/N-ethyl adjacent to an activating group) is 1. The van der Waals surface area contributed by atoms with Crippen LogP contribution in [0.1, 0.15) is 29.7 Å². The molecule has 0 saturated heterocycles. The first-order valence-corrected chi connectivity index (χ1v) is 11.0. The number of hydrogen-bond acceptors (Lipinski definition) is 3. The molecule has 0 aliphatic rings. The Hall–Kier alpha value is -3.46. The van der Waals surface area contributed by atoms with Gasteiger partial charge in [0, 0.05) is 36.1 Å². The first-order valence-electron chi connectivity index (χ1n) is 11.0. The van der Waals surface area contributed by atoms with Gasteiger partial charge in [-0.1, -0.05) is 18.2 Å². The quantitative estimate of drug-likeness (QED) is 0.344. The number of aryl methyl sites for hydroxylation is 1. The van der Waals surface area contributed by atoms with Crippen molar-refractivity contribution in [2.45, 2.75) is 32.5 Å². The summed E-state index contributed by atoms with van der Waals surface area (Å²) < 4.78 is 53.8. The van der Waals surface area contributed by atoms with Crippen LogP contribution in [0, 0.1) is 12.7 Å². The van der Waals surface area contributed by atoms with E-state index in [9.17, 15) is 27.2 Å². The van der Waals surface area contributed by atoms with Crippen LogP contribution < -0.4 is 10.9 Å². The molecule has 0 spiro atoms. The molecule has 186 valence electrons. The second kappa shape index (κ2) is 10.4. The van der Waals surface area contributed by atoms with Crippen LogP contribution in [-0.2, 0) is 17.4 Å². The fraction of sp³-hybridized carbons (Fsp3) is 0.308. The molecule has 1 aromatic heterocycles. The van der Waals surface area contributed by atoms with Crippen molar-refractivity contribution in [1.82, 2.24) is 9.47 Å². The summed E-state index contributed by atoms with van der Waals surface area (Å²) in [6.45, 7) is 8.74. The van der Waals surface area contributed by atoms with Gasteiger partial charge in [0.1, 0.15) is 5.82 Å². The fourth-order valence-electron chi connectivity index (χ4n) is 4.06. The Bertz CT molecular complexity index is 1310. The molecule has 1 atom stereocenters. The van der Waals surface area contributed by atoms with E-state index < -0.39 is 23.5 Å². The Morgan fingerprint density at radius 3 is 2.54 bits per heavy atom. The molecule has 1 amide bonds. The van der Waals surface area contributed by atoms with Crippen LogP contribution >= 0.6 is 0 Å². The van der Waals surface area contributed by atoms with Gasteiger partial charge in [0.25, 0.3) is 5.56 Å². The number of hydrogen-bond donors (Lipinski definition) is 1. The first-order chi connectivity index (χ1) is 16.4. The van der Waals surface area contributed by atoms with Crippen LogP contribution in [0.3, 0.4) is 0 Å². The van der Waals surface area contributed by atoms with Crippen LogP contribution in [0.5, 0.6) is 0 Å². The maximum Gasteiger partial charge on any atom is 0.419 e. The number of rotatable bonds is 8. The molecule has 0 bridgehead atoms. The van der Waals surface area contributed by atoms with Crippen LogP contribution in [0.25, 0.3) is 10.8 Å². The summed E-state index contributed by atoms with van der Waals surface area (Å²) in [4.78, 5) is 27.9. The van der Waals surface area contributed by atoms with E-state index in [0.29, 0.717) is 47.2 Å². The zero-order valence-corrected chi connectivity index (χ0v) is 19.7. The summed E-state index contributed by atoms with van der Waals surface area (Å²) in [6, 6.07) is 7.47. The number of pyridine rings is 1. The average molecular weight is 490 g/mol. The molecular formula is C26H27F4N3O2. The van der Waals surface area contributed by atoms with Gasteiger partial charge in [-0.2, -0.15) is 13.2 Å². The zero-order valence-electron chi connectivity index (χ0n) is 19.7. The van der Waals surface area contributed by atoms with E-state index >= 15 is 0 Å². The largest absolute Gasteiger partial charge is 0.419 e. The maximum atomic E-state index is 13.9. The molecule has 1 unspecified atom stereocenters. The van der Waals surface area contributed by atoms with Gasteiger partial charge in [0.2, 0.25) is 5.91 Å². The lowest BCUT2D eigenvalue weighted by Gasteiger charge is -2.22. The lowest BCUT2D eigenvalue weighted by molar-refractivity contribution is -0.140. The smallest absolute Gasteiger partial charge is 0.325 e. The number of aromatic nitrogens is 1. The molecule has 5 nitrogen and oxygen atoms in total. The summed E-state index contributed by atoms with van der Waals surface area (Å²) in [5.41, 5.74) is -0.346. The molecule has 0 radical (unpaired) electrons. The Morgan fingerprint density at radius 2 is 1.91 bits per heavy atom. The minimum absolute atomic E-state index is 0.103. The number of carbonyl (C=O) groups excluding carboxylic acids is 1. The van der Waals surface area contributed by atoms with E-state index in [-0.39, 0.29) is 23.6 Å². The number of nitrogens with zero attached hydrogens (tertiary/aromatic N) is 2. The molecule has 3 aromatic rings. The number of nitrogens with one attached hydrogen (secondary N) is 1. The Labute approximate surface area is 200 Å². The predicted octanol–water partition coefficient (Wildman–Crippen LogP) is 5.33. The monoisotopic (exact) mass is 489 g/mol. The van der Waals surface area contributed by atoms with Crippen molar-refractivity contribution in [3.05, 3.63) is 88.1 Å². The summed E-state index contributed by atoms with van der Waals surface area (Å²) in [6.07, 6.45) is -1.67. The summed E-state index contributed by atoms with van der Waals surface area (Å²) in [5, 5.41) is 3.71. The van der Waals surface area contributed by atoms with Gasteiger partial charge in [0.05, 0.1) is 17.7 Å². The summed E-state index contributed by atoms with van der Waals surface area (Å²) in [5.74, 6) is -1.97. The lowest BCUT2D eigenvalue weighted by atomic mass is 10.0. The minimum Gasteiger partial charge on any atom is -0.325 e. The lowest BCUT2D eigenvalue weighted by Crippen LogP contribution is -2.31. The minimum atomic E-state index is -4.81. The van der Waals surface area contributed by atoms with Crippen molar-refractivity contribution in [2.24, 2.45) is 0 Å². The van der Waals surface area contributed by atoms with E-state index in [1.165, 1.54) is 0 Å². The van der Waals surface area contributed by atoms with Gasteiger partial charge in [-0.25, -0.2) is 4.39 Å². The van der Waals surface area contributed by atoms with Gasteiger partial charge < -0.3 is 14.8 Å². The highest BCUT2D eigenvalue weighted by Crippen LogP contribution is 2.32. The third-order valence-electron chi connectivity index (χ3n) is 5.78. The van der Waals surface area contributed by atoms with Crippen LogP contribution in [-0.4, -0.2) is 35.5 Å². The third kappa shape index (κ3) is 5.97. The Balaban J connectivity index is 1.86. The summed E-state index contributed by atoms with van der Waals surface area (Å²) >= 11 is 0. The van der Waals surface area contributed by atoms with Crippen LogP contribution in [0.15, 0.2) is 60.0 Å². The van der Waals surface area contributed by atoms with Crippen molar-refractivity contribution < 1.29 is 22.4 Å². The molecule has 0 aliphatic heterocycles. The average Bonchev–Trinajstić information content (AvgIpc) is 2.75. The molecule has 35 heavy (non-hydrogen) atoms. The molecule has 0 aliphatic carbocycles. The van der Waals surface area contributed by atoms with Gasteiger partial charge in [-0.05, 0) is 56.3 Å². The Kier molecular flexibility index (Phi) is 7.80. The van der Waals surface area contributed by atoms with Crippen molar-refractivity contribution in [2.75, 3.05) is 25.5 Å². The number of amides is 1. The van der Waals surface area contributed by atoms with Crippen molar-refractivity contribution in [1.29, 1.82) is 0 Å². The van der Waals surface area contributed by atoms with Crippen LogP contribution in [0.2, 0.25) is 0 Å². The first kappa shape index (κ1) is 26.2. The maximum absolute atomic E-state index is 13.9. The number of halogens is 4. The standard InChI is InChI=1S/C26H27F4N3O2/c1-5-11-32(4)15-17(3)33-12-10-19-20(25(33)35)8-6-16(2)24(19)31-23(34)14-18-7-9-21(22(27)13-18)26(28,29)30/h5-10,12-13,17H,1,11,14-15H2,2-4H3,(H,31,34). The molecule has 0 fully saturated rings. The number of alkyl halides is 3. The van der Waals surface area contributed by atoms with E-state index in [4.69, 9.17) is 0 Å². The Morgan fingerprint density at radius 1 is 1.20 bits per heavy atom. The highest BCUT2D eigenvalue weighted by molar-refractivity contribution is 6.03. The fourth-order valence-corrected chi connectivity index (χ4v) is 4.06. The zero-order chi connectivity index (χ0) is 25.9. The van der Waals surface area contributed by atoms with E-state index in [1.54, 1.807) is 42.0 Å². The van der Waals surface area contributed by atoms with Crippen molar-refractivity contribution in [3.63, 3.8) is 0 Å². The number of anilines is 1. The molecule has 3 rings (SSSR count). The van der Waals surface area contributed by atoms with Gasteiger partial charge in [-0.3, -0.25) is 9.59 Å². The van der Waals surface area contributed by atoms with E-state index in [0.717, 1.165) is 6.07 Å². The third-order valence-corrected chi connectivity index (χ3v) is 5.78. The van der Waals surface area contributed by atoms with Crippen molar-refractivity contribution in [3.8, 4) is 0 Å². The topological polar surface area (TPSA) is 54.3 Å². The van der Waals surface area contributed by atoms with Gasteiger partial charge in [-0.15, -0.1) is 6.58 Å². The molecule has 9 heteroatoms. The second-order valence-corrected chi connectivity index (χ2v) is 8.64. The molecule has 0 saturated carbocycles. The van der Waals surface area contributed by atoms with Gasteiger partial charge >= 0.3 is 6.18 Å². The van der Waals surface area contributed by atoms with Crippen molar-refractivity contribution >= 4 is 22.4 Å². The number of carbonyl (C=O) groups is 1. The normalized spacial score (nSPS) is 12.7. The molecule has 1 N–H and O–H groups in total. The van der Waals surface area contributed by atoms with Gasteiger partial charge in [0.15, 0.2) is 0 Å². The predicted molar refractivity (Wildman–Crippen MR) is 129 cm³/mol. The second-order valence-electron chi connectivity index (χ2n) is 8.64. The highest BCUT2D eigenvalue weighted by Gasteiger charge is 2.34. The number of benzene rings is 2. The van der Waals surface area contributed by atoms with Crippen LogP contribution in [0.4, 0.5) is 23.2 Å². The molecule has 2 aromatic carbocycles. The molecule has 1 heterocycles. The highest BCUT2D eigenvalue weighted by atomic mass is 19.4. The van der Waals surface area contributed by atoms with E-state index in [2.05, 4.69) is 11.9 Å².